The van der Waals surface area contributed by atoms with Gasteiger partial charge in [0.25, 0.3) is 0 Å². The Morgan fingerprint density at radius 3 is 2.52 bits per heavy atom. The number of nitrogens with one attached hydrogen (secondary N) is 1. The molecule has 0 atom stereocenters. The number of pyridine rings is 1. The fourth-order valence-corrected chi connectivity index (χ4v) is 1.88. The third-order valence-electron chi connectivity index (χ3n) is 2.95. The number of hydrogen-bond donors (Lipinski definition) is 1. The Balaban J connectivity index is 1.77. The maximum Gasteiger partial charge on any atom is 0.224 e. The maximum absolute atomic E-state index is 13.7. The molecule has 0 saturated carbocycles. The molecule has 0 unspecified atom stereocenters. The van der Waals surface area contributed by atoms with Gasteiger partial charge in [0.1, 0.15) is 5.82 Å². The number of halogens is 2. The van der Waals surface area contributed by atoms with E-state index in [0.717, 1.165) is 12.1 Å². The summed E-state index contributed by atoms with van der Waals surface area (Å²) in [6, 6.07) is 8.32. The van der Waals surface area contributed by atoms with Crippen LogP contribution >= 0.6 is 0 Å². The molecule has 5 nitrogen and oxygen atoms in total. The van der Waals surface area contributed by atoms with Crippen LogP contribution in [0.1, 0.15) is 5.56 Å². The molecule has 0 amide bonds. The first kappa shape index (κ1) is 14.8. The van der Waals surface area contributed by atoms with Crippen molar-refractivity contribution in [1.82, 2.24) is 15.0 Å². The van der Waals surface area contributed by atoms with Crippen LogP contribution in [0.15, 0.2) is 55.0 Å². The van der Waals surface area contributed by atoms with E-state index in [9.17, 15) is 8.78 Å². The highest BCUT2D eigenvalue weighted by atomic mass is 19.1. The highest BCUT2D eigenvalue weighted by molar-refractivity contribution is 5.35. The van der Waals surface area contributed by atoms with Gasteiger partial charge in [-0.25, -0.2) is 23.7 Å². The van der Waals surface area contributed by atoms with Crippen LogP contribution in [-0.4, -0.2) is 15.0 Å². The Labute approximate surface area is 131 Å². The van der Waals surface area contributed by atoms with Crippen LogP contribution in [0.25, 0.3) is 0 Å². The van der Waals surface area contributed by atoms with Gasteiger partial charge in [0, 0.05) is 36.8 Å². The molecule has 0 saturated heterocycles. The Morgan fingerprint density at radius 1 is 0.957 bits per heavy atom. The second-order valence-corrected chi connectivity index (χ2v) is 4.57. The molecule has 0 bridgehead atoms. The van der Waals surface area contributed by atoms with E-state index in [1.54, 1.807) is 30.6 Å². The average molecular weight is 314 g/mol. The zero-order chi connectivity index (χ0) is 16.1. The summed E-state index contributed by atoms with van der Waals surface area (Å²) in [7, 11) is 0. The predicted octanol–water partition coefficient (Wildman–Crippen LogP) is 3.55. The number of hydrogen-bond acceptors (Lipinski definition) is 5. The molecule has 0 radical (unpaired) electrons. The second kappa shape index (κ2) is 6.78. The van der Waals surface area contributed by atoms with Crippen LogP contribution in [-0.2, 0) is 6.54 Å². The largest absolute Gasteiger partial charge is 0.436 e. The summed E-state index contributed by atoms with van der Waals surface area (Å²) in [5.74, 6) is -0.876. The van der Waals surface area contributed by atoms with Crippen molar-refractivity contribution in [1.29, 1.82) is 0 Å². The van der Waals surface area contributed by atoms with E-state index in [4.69, 9.17) is 4.74 Å². The van der Waals surface area contributed by atoms with Crippen LogP contribution in [0.3, 0.4) is 0 Å². The van der Waals surface area contributed by atoms with Gasteiger partial charge in [0.15, 0.2) is 11.6 Å². The Bertz CT molecular complexity index is 799. The number of anilines is 1. The lowest BCUT2D eigenvalue weighted by Crippen LogP contribution is -2.05. The van der Waals surface area contributed by atoms with Gasteiger partial charge in [-0.05, 0) is 24.3 Å². The van der Waals surface area contributed by atoms with Crippen molar-refractivity contribution in [3.63, 3.8) is 0 Å². The fraction of sp³-hybridized carbons (Fsp3) is 0.0625. The van der Waals surface area contributed by atoms with E-state index < -0.39 is 11.6 Å². The third kappa shape index (κ3) is 3.76. The van der Waals surface area contributed by atoms with Crippen molar-refractivity contribution in [2.45, 2.75) is 6.54 Å². The summed E-state index contributed by atoms with van der Waals surface area (Å²) in [5, 5.41) is 3.01. The van der Waals surface area contributed by atoms with Gasteiger partial charge in [-0.1, -0.05) is 6.07 Å². The van der Waals surface area contributed by atoms with Gasteiger partial charge < -0.3 is 10.1 Å². The van der Waals surface area contributed by atoms with Crippen molar-refractivity contribution < 1.29 is 13.5 Å². The minimum Gasteiger partial charge on any atom is -0.436 e. The molecule has 3 rings (SSSR count). The molecule has 0 spiro atoms. The van der Waals surface area contributed by atoms with E-state index in [1.807, 2.05) is 0 Å². The summed E-state index contributed by atoms with van der Waals surface area (Å²) in [6.45, 7) is 0.343. The highest BCUT2D eigenvalue weighted by Crippen LogP contribution is 2.26. The van der Waals surface area contributed by atoms with Crippen LogP contribution in [0.4, 0.5) is 14.7 Å². The molecule has 3 aromatic rings. The summed E-state index contributed by atoms with van der Waals surface area (Å²) in [6.07, 6.45) is 4.76. The molecule has 1 aromatic carbocycles. The lowest BCUT2D eigenvalue weighted by molar-refractivity contribution is 0.419. The summed E-state index contributed by atoms with van der Waals surface area (Å²) in [4.78, 5) is 12.2. The van der Waals surface area contributed by atoms with Gasteiger partial charge in [-0.15, -0.1) is 0 Å². The lowest BCUT2D eigenvalue weighted by atomic mass is 10.2. The van der Waals surface area contributed by atoms with Gasteiger partial charge in [0.05, 0.1) is 0 Å². The number of aromatic nitrogens is 3. The van der Waals surface area contributed by atoms with Gasteiger partial charge in [0.2, 0.25) is 11.8 Å². The van der Waals surface area contributed by atoms with Gasteiger partial charge >= 0.3 is 0 Å². The number of ether oxygens (including phenoxy) is 1. The Hall–Kier alpha value is -3.09. The van der Waals surface area contributed by atoms with Gasteiger partial charge in [-0.3, -0.25) is 0 Å². The molecular weight excluding hydrogens is 302 g/mol. The van der Waals surface area contributed by atoms with Crippen molar-refractivity contribution >= 4 is 5.95 Å². The molecular formula is C16H12F2N4O. The molecule has 23 heavy (non-hydrogen) atoms. The SMILES string of the molecule is Fc1ccc(Oc2ncccc2CNc2ncccn2)c(F)c1. The third-order valence-corrected chi connectivity index (χ3v) is 2.95. The normalized spacial score (nSPS) is 10.3. The van der Waals surface area contributed by atoms with E-state index in [-0.39, 0.29) is 11.6 Å². The second-order valence-electron chi connectivity index (χ2n) is 4.57. The minimum atomic E-state index is -0.791. The van der Waals surface area contributed by atoms with Crippen LogP contribution in [0, 0.1) is 11.6 Å². The number of rotatable bonds is 5. The van der Waals surface area contributed by atoms with Gasteiger partial charge in [-0.2, -0.15) is 0 Å². The van der Waals surface area contributed by atoms with Crippen LogP contribution < -0.4 is 10.1 Å². The highest BCUT2D eigenvalue weighted by Gasteiger charge is 2.10. The smallest absolute Gasteiger partial charge is 0.224 e. The molecule has 2 heterocycles. The van der Waals surface area contributed by atoms with E-state index in [2.05, 4.69) is 20.3 Å². The zero-order valence-electron chi connectivity index (χ0n) is 11.9. The van der Waals surface area contributed by atoms with Crippen LogP contribution in [0.2, 0.25) is 0 Å². The summed E-state index contributed by atoms with van der Waals surface area (Å²) < 4.78 is 32.1. The number of nitrogens with zero attached hydrogens (tertiary/aromatic N) is 3. The lowest BCUT2D eigenvalue weighted by Gasteiger charge is -2.11. The van der Waals surface area contributed by atoms with Crippen molar-refractivity contribution in [3.8, 4) is 11.6 Å². The maximum atomic E-state index is 13.7. The zero-order valence-corrected chi connectivity index (χ0v) is 11.9. The molecule has 1 N–H and O–H groups in total. The molecule has 0 aliphatic rings. The quantitative estimate of drug-likeness (QED) is 0.780. The minimum absolute atomic E-state index is 0.0951. The fourth-order valence-electron chi connectivity index (χ4n) is 1.88. The first-order chi connectivity index (χ1) is 11.2. The molecule has 0 aliphatic carbocycles. The summed E-state index contributed by atoms with van der Waals surface area (Å²) >= 11 is 0. The molecule has 7 heteroatoms. The van der Waals surface area contributed by atoms with E-state index in [1.165, 1.54) is 12.3 Å². The monoisotopic (exact) mass is 314 g/mol. The predicted molar refractivity (Wildman–Crippen MR) is 80.0 cm³/mol. The van der Waals surface area contributed by atoms with Crippen molar-refractivity contribution in [2.75, 3.05) is 5.32 Å². The first-order valence-corrected chi connectivity index (χ1v) is 6.80. The van der Waals surface area contributed by atoms with Crippen LogP contribution in [0.5, 0.6) is 11.6 Å². The van der Waals surface area contributed by atoms with Crippen molar-refractivity contribution in [2.24, 2.45) is 0 Å². The number of benzene rings is 1. The Kier molecular flexibility index (Phi) is 4.37. The average Bonchev–Trinajstić information content (AvgIpc) is 2.57. The van der Waals surface area contributed by atoms with Crippen molar-refractivity contribution in [3.05, 3.63) is 72.2 Å². The standard InChI is InChI=1S/C16H12F2N4O/c17-12-4-5-14(13(18)9-12)23-15-11(3-1-6-19-15)10-22-16-20-7-2-8-21-16/h1-9H,10H2,(H,20,21,22). The summed E-state index contributed by atoms with van der Waals surface area (Å²) in [5.41, 5.74) is 0.684. The molecule has 0 fully saturated rings. The molecule has 0 aliphatic heterocycles. The molecule has 116 valence electrons. The van der Waals surface area contributed by atoms with E-state index >= 15 is 0 Å². The Morgan fingerprint density at radius 2 is 1.74 bits per heavy atom. The molecule has 2 aromatic heterocycles. The topological polar surface area (TPSA) is 59.9 Å². The van der Waals surface area contributed by atoms with E-state index in [0.29, 0.717) is 18.1 Å². The first-order valence-electron chi connectivity index (χ1n) is 6.80.